The molecule has 0 unspecified atom stereocenters. The second-order valence-corrected chi connectivity index (χ2v) is 4.21. The highest BCUT2D eigenvalue weighted by Gasteiger charge is 2.15. The fourth-order valence-electron chi connectivity index (χ4n) is 1.87. The van der Waals surface area contributed by atoms with Gasteiger partial charge in [-0.3, -0.25) is 10.6 Å². The average molecular weight is 266 g/mol. The number of amides is 1. The molecule has 2 rings (SSSR count). The lowest BCUT2D eigenvalue weighted by atomic mass is 10.1. The molecule has 3 N–H and O–H groups in total. The molecule has 100 valence electrons. The van der Waals surface area contributed by atoms with E-state index in [9.17, 15) is 4.79 Å². The van der Waals surface area contributed by atoms with Gasteiger partial charge in [0, 0.05) is 18.3 Å². The van der Waals surface area contributed by atoms with Gasteiger partial charge in [0.25, 0.3) is 5.91 Å². The van der Waals surface area contributed by atoms with Crippen LogP contribution in [0.4, 0.5) is 11.4 Å². The Morgan fingerprint density at radius 2 is 1.85 bits per heavy atom. The molecule has 0 aromatic heterocycles. The van der Waals surface area contributed by atoms with Crippen LogP contribution >= 0.6 is 0 Å². The number of nitrogens with zero attached hydrogens (tertiary/aromatic N) is 2. The molecule has 5 heteroatoms. The first-order valence-corrected chi connectivity index (χ1v) is 6.01. The topological polar surface area (TPSA) is 82.2 Å². The summed E-state index contributed by atoms with van der Waals surface area (Å²) in [5, 5.41) is 9.08. The predicted molar refractivity (Wildman–Crippen MR) is 78.1 cm³/mol. The van der Waals surface area contributed by atoms with Crippen LogP contribution in [0.3, 0.4) is 0 Å². The zero-order valence-corrected chi connectivity index (χ0v) is 11.0. The molecule has 0 aliphatic carbocycles. The molecule has 20 heavy (non-hydrogen) atoms. The lowest BCUT2D eigenvalue weighted by Crippen LogP contribution is -2.26. The molecule has 0 spiro atoms. The maximum absolute atomic E-state index is 12.4. The number of nitrogens with two attached hydrogens (primary N) is 1. The van der Waals surface area contributed by atoms with Gasteiger partial charge in [-0.05, 0) is 36.4 Å². The van der Waals surface area contributed by atoms with Crippen LogP contribution in [0.25, 0.3) is 0 Å². The summed E-state index contributed by atoms with van der Waals surface area (Å²) >= 11 is 0. The van der Waals surface area contributed by atoms with E-state index in [1.807, 2.05) is 0 Å². The number of nitriles is 1. The highest BCUT2D eigenvalue weighted by molar-refractivity contribution is 6.06. The van der Waals surface area contributed by atoms with Crippen molar-refractivity contribution in [3.05, 3.63) is 59.7 Å². The summed E-state index contributed by atoms with van der Waals surface area (Å²) in [6.45, 7) is 0. The maximum Gasteiger partial charge on any atom is 0.258 e. The first-order valence-electron chi connectivity index (χ1n) is 6.01. The number of para-hydroxylation sites is 1. The van der Waals surface area contributed by atoms with Crippen LogP contribution in [0.15, 0.2) is 48.5 Å². The summed E-state index contributed by atoms with van der Waals surface area (Å²) in [5.41, 5.74) is 4.80. The molecule has 0 saturated carbocycles. The van der Waals surface area contributed by atoms with E-state index in [1.165, 1.54) is 4.90 Å². The summed E-state index contributed by atoms with van der Waals surface area (Å²) in [5.74, 6) is 5.10. The van der Waals surface area contributed by atoms with Crippen molar-refractivity contribution in [1.82, 2.24) is 0 Å². The Bertz CT molecular complexity index is 658. The van der Waals surface area contributed by atoms with Gasteiger partial charge in [-0.1, -0.05) is 12.1 Å². The standard InChI is InChI=1S/C15H14N4O/c1-19(14-5-3-2-4-12(14)10-16)15(20)11-6-8-13(18-17)9-7-11/h2-9,18H,17H2,1H3. The zero-order valence-electron chi connectivity index (χ0n) is 11.0. The van der Waals surface area contributed by atoms with Crippen LogP contribution in [0.2, 0.25) is 0 Å². The Morgan fingerprint density at radius 1 is 1.20 bits per heavy atom. The fraction of sp³-hybridized carbons (Fsp3) is 0.0667. The molecule has 0 atom stereocenters. The Hall–Kier alpha value is -2.84. The second kappa shape index (κ2) is 5.87. The van der Waals surface area contributed by atoms with E-state index in [4.69, 9.17) is 11.1 Å². The molecule has 0 radical (unpaired) electrons. The van der Waals surface area contributed by atoms with Crippen LogP contribution in [0.5, 0.6) is 0 Å². The minimum Gasteiger partial charge on any atom is -0.324 e. The molecule has 0 fully saturated rings. The summed E-state index contributed by atoms with van der Waals surface area (Å²) in [7, 11) is 1.65. The van der Waals surface area contributed by atoms with Gasteiger partial charge in [0.2, 0.25) is 0 Å². The van der Waals surface area contributed by atoms with Crippen molar-refractivity contribution in [3.63, 3.8) is 0 Å². The molecule has 0 heterocycles. The van der Waals surface area contributed by atoms with E-state index >= 15 is 0 Å². The number of hydrogen-bond donors (Lipinski definition) is 2. The number of carbonyl (C=O) groups excluding carboxylic acids is 1. The van der Waals surface area contributed by atoms with E-state index in [-0.39, 0.29) is 5.91 Å². The Kier molecular flexibility index (Phi) is 3.99. The average Bonchev–Trinajstić information content (AvgIpc) is 2.53. The van der Waals surface area contributed by atoms with Crippen LogP contribution in [-0.2, 0) is 0 Å². The summed E-state index contributed by atoms with van der Waals surface area (Å²) in [6, 6.07) is 15.9. The van der Waals surface area contributed by atoms with Gasteiger partial charge < -0.3 is 10.3 Å². The second-order valence-electron chi connectivity index (χ2n) is 4.21. The number of rotatable bonds is 3. The highest BCUT2D eigenvalue weighted by atomic mass is 16.2. The van der Waals surface area contributed by atoms with E-state index < -0.39 is 0 Å². The van der Waals surface area contributed by atoms with Crippen LogP contribution < -0.4 is 16.2 Å². The number of anilines is 2. The summed E-state index contributed by atoms with van der Waals surface area (Å²) < 4.78 is 0. The van der Waals surface area contributed by atoms with Crippen molar-refractivity contribution < 1.29 is 4.79 Å². The van der Waals surface area contributed by atoms with Gasteiger partial charge in [0.15, 0.2) is 0 Å². The smallest absolute Gasteiger partial charge is 0.258 e. The third-order valence-corrected chi connectivity index (χ3v) is 2.99. The number of hydrogen-bond acceptors (Lipinski definition) is 4. The molecule has 0 bridgehead atoms. The van der Waals surface area contributed by atoms with Crippen molar-refractivity contribution in [2.75, 3.05) is 17.4 Å². The molecular weight excluding hydrogens is 252 g/mol. The van der Waals surface area contributed by atoms with E-state index in [2.05, 4.69) is 11.5 Å². The number of nitrogen functional groups attached to an aromatic ring is 1. The van der Waals surface area contributed by atoms with E-state index in [0.29, 0.717) is 16.8 Å². The van der Waals surface area contributed by atoms with E-state index in [0.717, 1.165) is 5.69 Å². The lowest BCUT2D eigenvalue weighted by molar-refractivity contribution is 0.0993. The molecular formula is C15H14N4O. The van der Waals surface area contributed by atoms with Crippen LogP contribution in [-0.4, -0.2) is 13.0 Å². The first-order chi connectivity index (χ1) is 9.67. The van der Waals surface area contributed by atoms with Crippen molar-refractivity contribution in [1.29, 1.82) is 5.26 Å². The molecule has 5 nitrogen and oxygen atoms in total. The van der Waals surface area contributed by atoms with Crippen LogP contribution in [0, 0.1) is 11.3 Å². The Labute approximate surface area is 117 Å². The minimum atomic E-state index is -0.184. The zero-order chi connectivity index (χ0) is 14.5. The fourth-order valence-corrected chi connectivity index (χ4v) is 1.87. The van der Waals surface area contributed by atoms with Gasteiger partial charge >= 0.3 is 0 Å². The van der Waals surface area contributed by atoms with Crippen molar-refractivity contribution in [3.8, 4) is 6.07 Å². The molecule has 0 aliphatic rings. The van der Waals surface area contributed by atoms with E-state index in [1.54, 1.807) is 55.6 Å². The van der Waals surface area contributed by atoms with Crippen LogP contribution in [0.1, 0.15) is 15.9 Å². The van der Waals surface area contributed by atoms with Gasteiger partial charge in [-0.2, -0.15) is 5.26 Å². The third kappa shape index (κ3) is 2.60. The normalized spacial score (nSPS) is 9.65. The van der Waals surface area contributed by atoms with Crippen molar-refractivity contribution >= 4 is 17.3 Å². The molecule has 1 amide bonds. The Balaban J connectivity index is 2.30. The number of carbonyl (C=O) groups is 1. The minimum absolute atomic E-state index is 0.184. The van der Waals surface area contributed by atoms with Gasteiger partial charge in [0.05, 0.1) is 11.3 Å². The monoisotopic (exact) mass is 266 g/mol. The molecule has 2 aromatic rings. The SMILES string of the molecule is CN(C(=O)c1ccc(NN)cc1)c1ccccc1C#N. The first kappa shape index (κ1) is 13.6. The summed E-state index contributed by atoms with van der Waals surface area (Å²) in [6.07, 6.45) is 0. The third-order valence-electron chi connectivity index (χ3n) is 2.99. The largest absolute Gasteiger partial charge is 0.324 e. The molecule has 2 aromatic carbocycles. The van der Waals surface area contributed by atoms with Gasteiger partial charge in [0.1, 0.15) is 6.07 Å². The number of benzene rings is 2. The summed E-state index contributed by atoms with van der Waals surface area (Å²) in [4.78, 5) is 13.8. The predicted octanol–water partition coefficient (Wildman–Crippen LogP) is 2.12. The maximum atomic E-state index is 12.4. The number of nitrogens with one attached hydrogen (secondary N) is 1. The van der Waals surface area contributed by atoms with Gasteiger partial charge in [-0.15, -0.1) is 0 Å². The molecule has 0 saturated heterocycles. The highest BCUT2D eigenvalue weighted by Crippen LogP contribution is 2.20. The quantitative estimate of drug-likeness (QED) is 0.658. The van der Waals surface area contributed by atoms with Gasteiger partial charge in [-0.25, -0.2) is 0 Å². The molecule has 0 aliphatic heterocycles. The Morgan fingerprint density at radius 3 is 2.45 bits per heavy atom. The lowest BCUT2D eigenvalue weighted by Gasteiger charge is -2.18. The van der Waals surface area contributed by atoms with Crippen molar-refractivity contribution in [2.45, 2.75) is 0 Å². The number of hydrazine groups is 1. The van der Waals surface area contributed by atoms with Crippen molar-refractivity contribution in [2.24, 2.45) is 5.84 Å².